The van der Waals surface area contributed by atoms with Crippen molar-refractivity contribution in [3.8, 4) is 0 Å². The zero-order chi connectivity index (χ0) is 12.5. The van der Waals surface area contributed by atoms with Crippen LogP contribution in [0, 0.1) is 0 Å². The fourth-order valence-corrected chi connectivity index (χ4v) is 2.13. The van der Waals surface area contributed by atoms with Crippen molar-refractivity contribution in [2.75, 3.05) is 5.73 Å². The number of benzene rings is 1. The number of nitrogens with two attached hydrogens (primary N) is 1. The van der Waals surface area contributed by atoms with E-state index in [1.165, 1.54) is 12.4 Å². The van der Waals surface area contributed by atoms with E-state index in [0.717, 1.165) is 16.8 Å². The molecule has 1 aliphatic heterocycles. The molecule has 0 saturated heterocycles. The van der Waals surface area contributed by atoms with Gasteiger partial charge in [-0.1, -0.05) is 6.07 Å². The lowest BCUT2D eigenvalue weighted by Crippen LogP contribution is -2.26. The zero-order valence-corrected chi connectivity index (χ0v) is 9.71. The fraction of sp³-hybridized carbons (Fsp3) is 0.154. The van der Waals surface area contributed by atoms with E-state index in [-0.39, 0.29) is 5.91 Å². The third kappa shape index (κ3) is 1.79. The summed E-state index contributed by atoms with van der Waals surface area (Å²) in [6.45, 7) is 1.18. The Morgan fingerprint density at radius 2 is 2.06 bits per heavy atom. The molecular formula is C13H12N4O. The fourth-order valence-electron chi connectivity index (χ4n) is 2.13. The number of hydrogen-bond donors (Lipinski definition) is 1. The van der Waals surface area contributed by atoms with E-state index in [9.17, 15) is 4.79 Å². The average molecular weight is 240 g/mol. The molecule has 0 aliphatic carbocycles. The Balaban J connectivity index is 1.84. The van der Waals surface area contributed by atoms with Crippen molar-refractivity contribution >= 4 is 11.6 Å². The quantitative estimate of drug-likeness (QED) is 0.760. The maximum atomic E-state index is 12.2. The summed E-state index contributed by atoms with van der Waals surface area (Å²) in [6, 6.07) is 5.74. The molecule has 0 radical (unpaired) electrons. The summed E-state index contributed by atoms with van der Waals surface area (Å²) in [6.07, 6.45) is 4.56. The van der Waals surface area contributed by atoms with Crippen LogP contribution in [0.2, 0.25) is 0 Å². The maximum absolute atomic E-state index is 12.2. The van der Waals surface area contributed by atoms with Crippen LogP contribution in [0.15, 0.2) is 36.8 Å². The second kappa shape index (κ2) is 4.10. The molecule has 1 aliphatic rings. The van der Waals surface area contributed by atoms with Gasteiger partial charge in [-0.2, -0.15) is 0 Å². The Bertz CT molecular complexity index is 597. The minimum absolute atomic E-state index is 0.0992. The van der Waals surface area contributed by atoms with Gasteiger partial charge in [0.25, 0.3) is 5.91 Å². The van der Waals surface area contributed by atoms with Crippen LogP contribution < -0.4 is 5.73 Å². The minimum Gasteiger partial charge on any atom is -0.399 e. The number of nitrogen functional groups attached to an aromatic ring is 1. The first kappa shape index (κ1) is 10.7. The molecule has 18 heavy (non-hydrogen) atoms. The highest BCUT2D eigenvalue weighted by molar-refractivity contribution is 5.92. The summed E-state index contributed by atoms with van der Waals surface area (Å²) < 4.78 is 0. The SMILES string of the molecule is Nc1ccc2c(c1)CN(C(=O)c1cnccn1)C2. The molecule has 1 aromatic heterocycles. The van der Waals surface area contributed by atoms with E-state index in [4.69, 9.17) is 5.73 Å². The summed E-state index contributed by atoms with van der Waals surface area (Å²) in [5, 5.41) is 0. The van der Waals surface area contributed by atoms with Gasteiger partial charge in [-0.25, -0.2) is 4.98 Å². The molecule has 0 atom stereocenters. The monoisotopic (exact) mass is 240 g/mol. The van der Waals surface area contributed by atoms with Gasteiger partial charge >= 0.3 is 0 Å². The third-order valence-electron chi connectivity index (χ3n) is 3.02. The summed E-state index contributed by atoms with van der Waals surface area (Å²) >= 11 is 0. The van der Waals surface area contributed by atoms with Gasteiger partial charge in [0.05, 0.1) is 6.20 Å². The largest absolute Gasteiger partial charge is 0.399 e. The first-order chi connectivity index (χ1) is 8.74. The molecule has 1 aromatic carbocycles. The lowest BCUT2D eigenvalue weighted by atomic mass is 10.1. The average Bonchev–Trinajstić information content (AvgIpc) is 2.81. The third-order valence-corrected chi connectivity index (χ3v) is 3.02. The van der Waals surface area contributed by atoms with Gasteiger partial charge < -0.3 is 10.6 Å². The molecule has 3 rings (SSSR count). The van der Waals surface area contributed by atoms with Gasteiger partial charge in [0.2, 0.25) is 0 Å². The van der Waals surface area contributed by atoms with Crippen LogP contribution in [0.3, 0.4) is 0 Å². The van der Waals surface area contributed by atoms with E-state index in [2.05, 4.69) is 9.97 Å². The van der Waals surface area contributed by atoms with Crippen molar-refractivity contribution in [2.24, 2.45) is 0 Å². The normalized spacial score (nSPS) is 13.4. The predicted molar refractivity (Wildman–Crippen MR) is 66.5 cm³/mol. The Labute approximate surface area is 104 Å². The van der Waals surface area contributed by atoms with Crippen molar-refractivity contribution in [3.05, 3.63) is 53.6 Å². The molecule has 2 N–H and O–H groups in total. The number of rotatable bonds is 1. The summed E-state index contributed by atoms with van der Waals surface area (Å²) in [4.78, 5) is 21.9. The van der Waals surface area contributed by atoms with Crippen LogP contribution in [-0.4, -0.2) is 20.8 Å². The molecule has 0 saturated carbocycles. The predicted octanol–water partition coefficient (Wildman–Crippen LogP) is 1.21. The molecule has 90 valence electrons. The van der Waals surface area contributed by atoms with Gasteiger partial charge in [0.1, 0.15) is 5.69 Å². The summed E-state index contributed by atoms with van der Waals surface area (Å²) in [5.74, 6) is -0.0992. The maximum Gasteiger partial charge on any atom is 0.274 e. The van der Waals surface area contributed by atoms with Gasteiger partial charge in [0, 0.05) is 31.2 Å². The number of nitrogens with zero attached hydrogens (tertiary/aromatic N) is 3. The molecule has 0 fully saturated rings. The van der Waals surface area contributed by atoms with E-state index in [0.29, 0.717) is 18.8 Å². The van der Waals surface area contributed by atoms with E-state index in [1.807, 2.05) is 18.2 Å². The number of hydrogen-bond acceptors (Lipinski definition) is 4. The molecule has 0 bridgehead atoms. The van der Waals surface area contributed by atoms with Gasteiger partial charge in [-0.3, -0.25) is 9.78 Å². The van der Waals surface area contributed by atoms with E-state index in [1.54, 1.807) is 11.1 Å². The van der Waals surface area contributed by atoms with E-state index < -0.39 is 0 Å². The molecule has 0 unspecified atom stereocenters. The van der Waals surface area contributed by atoms with Crippen molar-refractivity contribution in [1.29, 1.82) is 0 Å². The standard InChI is InChI=1S/C13H12N4O/c14-11-2-1-9-7-17(8-10(9)5-11)13(18)12-6-15-3-4-16-12/h1-6H,7-8,14H2. The molecule has 2 heterocycles. The number of anilines is 1. The molecule has 2 aromatic rings. The lowest BCUT2D eigenvalue weighted by Gasteiger charge is -2.14. The van der Waals surface area contributed by atoms with E-state index >= 15 is 0 Å². The van der Waals surface area contributed by atoms with Gasteiger partial charge in [0.15, 0.2) is 0 Å². The minimum atomic E-state index is -0.0992. The Hall–Kier alpha value is -2.43. The highest BCUT2D eigenvalue weighted by Gasteiger charge is 2.24. The van der Waals surface area contributed by atoms with Crippen molar-refractivity contribution in [1.82, 2.24) is 14.9 Å². The number of fused-ring (bicyclic) bond motifs is 1. The molecule has 5 heteroatoms. The van der Waals surface area contributed by atoms with Crippen LogP contribution >= 0.6 is 0 Å². The number of aromatic nitrogens is 2. The number of amides is 1. The number of carbonyl (C=O) groups is 1. The molecular weight excluding hydrogens is 228 g/mol. The van der Waals surface area contributed by atoms with Crippen LogP contribution in [-0.2, 0) is 13.1 Å². The lowest BCUT2D eigenvalue weighted by molar-refractivity contribution is 0.0745. The first-order valence-electron chi connectivity index (χ1n) is 5.66. The smallest absolute Gasteiger partial charge is 0.274 e. The Morgan fingerprint density at radius 3 is 2.83 bits per heavy atom. The Morgan fingerprint density at radius 1 is 1.22 bits per heavy atom. The van der Waals surface area contributed by atoms with Crippen molar-refractivity contribution in [3.63, 3.8) is 0 Å². The second-order valence-electron chi connectivity index (χ2n) is 4.28. The zero-order valence-electron chi connectivity index (χ0n) is 9.71. The van der Waals surface area contributed by atoms with Crippen molar-refractivity contribution in [2.45, 2.75) is 13.1 Å². The summed E-state index contributed by atoms with van der Waals surface area (Å²) in [7, 11) is 0. The molecule has 0 spiro atoms. The summed E-state index contributed by atoms with van der Waals surface area (Å²) in [5.41, 5.74) is 9.08. The van der Waals surface area contributed by atoms with Crippen LogP contribution in [0.1, 0.15) is 21.6 Å². The highest BCUT2D eigenvalue weighted by Crippen LogP contribution is 2.25. The van der Waals surface area contributed by atoms with Crippen LogP contribution in [0.5, 0.6) is 0 Å². The first-order valence-corrected chi connectivity index (χ1v) is 5.66. The highest BCUT2D eigenvalue weighted by atomic mass is 16.2. The molecule has 5 nitrogen and oxygen atoms in total. The second-order valence-corrected chi connectivity index (χ2v) is 4.28. The Kier molecular flexibility index (Phi) is 2.44. The topological polar surface area (TPSA) is 72.1 Å². The van der Waals surface area contributed by atoms with Crippen LogP contribution in [0.4, 0.5) is 5.69 Å². The van der Waals surface area contributed by atoms with Gasteiger partial charge in [-0.15, -0.1) is 0 Å². The number of carbonyl (C=O) groups excluding carboxylic acids is 1. The van der Waals surface area contributed by atoms with Crippen molar-refractivity contribution < 1.29 is 4.79 Å². The molecule has 1 amide bonds. The van der Waals surface area contributed by atoms with Crippen LogP contribution in [0.25, 0.3) is 0 Å². The van der Waals surface area contributed by atoms with Gasteiger partial charge in [-0.05, 0) is 23.3 Å².